The topological polar surface area (TPSA) is 56.1 Å². The largest absolute Gasteiger partial charge is 0.337 e. The Morgan fingerprint density at radius 1 is 1.53 bits per heavy atom. The van der Waals surface area contributed by atoms with Gasteiger partial charge in [0.2, 0.25) is 5.91 Å². The number of rotatable bonds is 5. The molecule has 4 nitrogen and oxygen atoms in total. The summed E-state index contributed by atoms with van der Waals surface area (Å²) >= 11 is 0. The van der Waals surface area contributed by atoms with E-state index in [1.54, 1.807) is 6.92 Å². The number of carbonyl (C=O) groups is 1. The van der Waals surface area contributed by atoms with E-state index in [1.807, 2.05) is 13.8 Å². The van der Waals surface area contributed by atoms with E-state index in [0.717, 1.165) is 13.0 Å². The molecule has 0 aromatic rings. The summed E-state index contributed by atoms with van der Waals surface area (Å²) in [5.74, 6) is 0.0721. The molecule has 0 bridgehead atoms. The van der Waals surface area contributed by atoms with Crippen LogP contribution in [0.3, 0.4) is 0 Å². The van der Waals surface area contributed by atoms with Crippen molar-refractivity contribution in [3.63, 3.8) is 0 Å². The lowest BCUT2D eigenvalue weighted by molar-refractivity contribution is -0.124. The molecule has 0 radical (unpaired) electrons. The fraction of sp³-hybridized carbons (Fsp3) is 0.867. The van der Waals surface area contributed by atoms with Gasteiger partial charge in [-0.15, -0.1) is 0 Å². The maximum Gasteiger partial charge on any atom is 0.235 e. The second-order valence-electron chi connectivity index (χ2n) is 6.05. The number of hydrogen-bond acceptors (Lipinski definition) is 3. The summed E-state index contributed by atoms with van der Waals surface area (Å²) in [7, 11) is 0. The van der Waals surface area contributed by atoms with Crippen LogP contribution in [0.2, 0.25) is 0 Å². The number of carbonyl (C=O) groups excluding carboxylic acids is 1. The molecule has 1 aliphatic heterocycles. The van der Waals surface area contributed by atoms with Crippen LogP contribution in [0.5, 0.6) is 0 Å². The van der Waals surface area contributed by atoms with Gasteiger partial charge in [0.25, 0.3) is 0 Å². The third-order valence-electron chi connectivity index (χ3n) is 4.35. The van der Waals surface area contributed by atoms with Crippen LogP contribution < -0.4 is 5.32 Å². The molecule has 0 aliphatic carbocycles. The van der Waals surface area contributed by atoms with Gasteiger partial charge in [0.05, 0.1) is 12.6 Å². The zero-order chi connectivity index (χ0) is 14.5. The van der Waals surface area contributed by atoms with Gasteiger partial charge in [-0.1, -0.05) is 27.2 Å². The van der Waals surface area contributed by atoms with Crippen molar-refractivity contribution in [1.29, 1.82) is 5.26 Å². The molecule has 2 atom stereocenters. The molecule has 1 fully saturated rings. The second-order valence-corrected chi connectivity index (χ2v) is 6.05. The first-order valence-corrected chi connectivity index (χ1v) is 7.39. The van der Waals surface area contributed by atoms with Crippen LogP contribution in [0, 0.1) is 17.2 Å². The fourth-order valence-electron chi connectivity index (χ4n) is 2.55. The zero-order valence-electron chi connectivity index (χ0n) is 12.7. The monoisotopic (exact) mass is 265 g/mol. The Morgan fingerprint density at radius 2 is 2.21 bits per heavy atom. The Labute approximate surface area is 117 Å². The summed E-state index contributed by atoms with van der Waals surface area (Å²) in [5.41, 5.74) is -0.769. The Bertz CT molecular complexity index is 348. The number of amides is 1. The highest BCUT2D eigenvalue weighted by Gasteiger charge is 2.31. The van der Waals surface area contributed by atoms with E-state index >= 15 is 0 Å². The summed E-state index contributed by atoms with van der Waals surface area (Å²) < 4.78 is 0. The first-order chi connectivity index (χ1) is 8.92. The molecule has 1 amide bonds. The van der Waals surface area contributed by atoms with Gasteiger partial charge < -0.3 is 5.32 Å². The first kappa shape index (κ1) is 16.0. The standard InChI is InChI=1S/C15H27N3O/c1-5-13-8-6-7-9-18(13)10-14(19)17-15(4,11-16)12(2)3/h12-13H,5-10H2,1-4H3,(H,17,19). The SMILES string of the molecule is CCC1CCCCN1CC(=O)NC(C)(C#N)C(C)C. The highest BCUT2D eigenvalue weighted by atomic mass is 16.2. The van der Waals surface area contributed by atoms with E-state index in [2.05, 4.69) is 23.2 Å². The number of nitrogens with one attached hydrogen (secondary N) is 1. The highest BCUT2D eigenvalue weighted by Crippen LogP contribution is 2.19. The average molecular weight is 265 g/mol. The molecule has 1 heterocycles. The Balaban J connectivity index is 2.57. The van der Waals surface area contributed by atoms with Gasteiger partial charge in [-0.3, -0.25) is 9.69 Å². The molecule has 19 heavy (non-hydrogen) atoms. The van der Waals surface area contributed by atoms with Gasteiger partial charge >= 0.3 is 0 Å². The lowest BCUT2D eigenvalue weighted by Crippen LogP contribution is -2.53. The normalized spacial score (nSPS) is 23.7. The number of hydrogen-bond donors (Lipinski definition) is 1. The Hall–Kier alpha value is -1.08. The molecule has 1 saturated heterocycles. The lowest BCUT2D eigenvalue weighted by Gasteiger charge is -2.36. The lowest BCUT2D eigenvalue weighted by atomic mass is 9.90. The summed E-state index contributed by atoms with van der Waals surface area (Å²) in [6.07, 6.45) is 4.71. The van der Waals surface area contributed by atoms with Crippen molar-refractivity contribution < 1.29 is 4.79 Å². The van der Waals surface area contributed by atoms with Crippen LogP contribution in [-0.2, 0) is 4.79 Å². The van der Waals surface area contributed by atoms with Gasteiger partial charge in [-0.25, -0.2) is 0 Å². The van der Waals surface area contributed by atoms with Gasteiger partial charge in [0.1, 0.15) is 5.54 Å². The molecule has 1 aliphatic rings. The van der Waals surface area contributed by atoms with Crippen LogP contribution in [0.15, 0.2) is 0 Å². The van der Waals surface area contributed by atoms with Gasteiger partial charge in [-0.2, -0.15) is 5.26 Å². The molecule has 1 rings (SSSR count). The molecule has 0 aromatic carbocycles. The van der Waals surface area contributed by atoms with Crippen LogP contribution in [0.25, 0.3) is 0 Å². The van der Waals surface area contributed by atoms with Crippen LogP contribution in [0.4, 0.5) is 0 Å². The average Bonchev–Trinajstić information content (AvgIpc) is 2.38. The smallest absolute Gasteiger partial charge is 0.235 e. The second kappa shape index (κ2) is 6.91. The maximum absolute atomic E-state index is 12.1. The molecule has 0 spiro atoms. The molecule has 1 N–H and O–H groups in total. The van der Waals surface area contributed by atoms with Gasteiger partial charge in [0.15, 0.2) is 0 Å². The predicted octanol–water partition coefficient (Wildman–Crippen LogP) is 2.31. The van der Waals surface area contributed by atoms with Crippen molar-refractivity contribution in [3.8, 4) is 6.07 Å². The van der Waals surface area contributed by atoms with Crippen molar-refractivity contribution in [2.45, 2.75) is 65.0 Å². The zero-order valence-corrected chi connectivity index (χ0v) is 12.7. The third-order valence-corrected chi connectivity index (χ3v) is 4.35. The quantitative estimate of drug-likeness (QED) is 0.830. The first-order valence-electron chi connectivity index (χ1n) is 7.39. The van der Waals surface area contributed by atoms with Gasteiger partial charge in [0, 0.05) is 6.04 Å². The maximum atomic E-state index is 12.1. The van der Waals surface area contributed by atoms with E-state index < -0.39 is 5.54 Å². The minimum Gasteiger partial charge on any atom is -0.337 e. The third kappa shape index (κ3) is 4.21. The van der Waals surface area contributed by atoms with Crippen LogP contribution >= 0.6 is 0 Å². The summed E-state index contributed by atoms with van der Waals surface area (Å²) in [5, 5.41) is 12.1. The van der Waals surface area contributed by atoms with Crippen LogP contribution in [-0.4, -0.2) is 35.5 Å². The molecule has 108 valence electrons. The van der Waals surface area contributed by atoms with E-state index in [-0.39, 0.29) is 11.8 Å². The van der Waals surface area contributed by atoms with Crippen molar-refractivity contribution in [1.82, 2.24) is 10.2 Å². The molecule has 0 saturated carbocycles. The van der Waals surface area contributed by atoms with Crippen LogP contribution in [0.1, 0.15) is 53.4 Å². The molecule has 0 aromatic heterocycles. The van der Waals surface area contributed by atoms with E-state index in [4.69, 9.17) is 0 Å². The summed E-state index contributed by atoms with van der Waals surface area (Å²) in [4.78, 5) is 14.4. The van der Waals surface area contributed by atoms with Crippen molar-refractivity contribution >= 4 is 5.91 Å². The predicted molar refractivity (Wildman–Crippen MR) is 76.5 cm³/mol. The van der Waals surface area contributed by atoms with Crippen molar-refractivity contribution in [3.05, 3.63) is 0 Å². The highest BCUT2D eigenvalue weighted by molar-refractivity contribution is 5.79. The number of nitriles is 1. The van der Waals surface area contributed by atoms with E-state index in [1.165, 1.54) is 19.3 Å². The molecular formula is C15H27N3O. The fourth-order valence-corrected chi connectivity index (χ4v) is 2.55. The Kier molecular flexibility index (Phi) is 5.81. The van der Waals surface area contributed by atoms with Gasteiger partial charge in [-0.05, 0) is 38.6 Å². The number of nitrogens with zero attached hydrogens (tertiary/aromatic N) is 2. The Morgan fingerprint density at radius 3 is 2.74 bits per heavy atom. The molecular weight excluding hydrogens is 238 g/mol. The minimum absolute atomic E-state index is 0.0295. The van der Waals surface area contributed by atoms with E-state index in [9.17, 15) is 10.1 Å². The van der Waals surface area contributed by atoms with Crippen molar-refractivity contribution in [2.75, 3.05) is 13.1 Å². The number of likely N-dealkylation sites (tertiary alicyclic amines) is 1. The summed E-state index contributed by atoms with van der Waals surface area (Å²) in [6.45, 7) is 9.30. The minimum atomic E-state index is -0.769. The van der Waals surface area contributed by atoms with E-state index in [0.29, 0.717) is 12.6 Å². The molecule has 2 unspecified atom stereocenters. The summed E-state index contributed by atoms with van der Waals surface area (Å²) in [6, 6.07) is 2.74. The van der Waals surface area contributed by atoms with Crippen molar-refractivity contribution in [2.24, 2.45) is 5.92 Å². The number of piperidine rings is 1. The molecule has 4 heteroatoms.